The molecular formula is C10H22O8. The minimum atomic E-state index is -1.67. The Bertz CT molecular complexity index is 196. The maximum atomic E-state index is 9.82. The summed E-state index contributed by atoms with van der Waals surface area (Å²) in [5, 5.41) is 52.2. The lowest BCUT2D eigenvalue weighted by Crippen LogP contribution is -2.46. The summed E-state index contributed by atoms with van der Waals surface area (Å²) >= 11 is 0. The third kappa shape index (κ3) is 9.28. The van der Waals surface area contributed by atoms with E-state index in [-0.39, 0.29) is 5.97 Å². The largest absolute Gasteiger partial charge is 0.466 e. The summed E-state index contributed by atoms with van der Waals surface area (Å²) in [5.74, 6) is -0.211. The number of esters is 1. The Morgan fingerprint density at radius 1 is 1.00 bits per heavy atom. The van der Waals surface area contributed by atoms with Crippen molar-refractivity contribution in [2.24, 2.45) is 0 Å². The van der Waals surface area contributed by atoms with Gasteiger partial charge in [0, 0.05) is 6.92 Å². The normalized spacial score (nSPS) is 16.9. The Hall–Kier alpha value is -0.770. The Morgan fingerprint density at radius 3 is 1.44 bits per heavy atom. The van der Waals surface area contributed by atoms with Crippen molar-refractivity contribution >= 4 is 5.97 Å². The van der Waals surface area contributed by atoms with Crippen LogP contribution in [-0.4, -0.2) is 80.8 Å². The van der Waals surface area contributed by atoms with E-state index in [0.717, 1.165) is 0 Å². The number of carbonyl (C=O) groups excluding carboxylic acids is 1. The van der Waals surface area contributed by atoms with Crippen LogP contribution in [0.15, 0.2) is 0 Å². The molecule has 6 N–H and O–H groups in total. The molecule has 0 aromatic heterocycles. The molecule has 0 aliphatic carbocycles. The molecule has 4 unspecified atom stereocenters. The molecule has 0 spiro atoms. The molecule has 18 heavy (non-hydrogen) atoms. The van der Waals surface area contributed by atoms with Crippen LogP contribution in [0.2, 0.25) is 0 Å². The quantitative estimate of drug-likeness (QED) is 0.279. The zero-order valence-corrected chi connectivity index (χ0v) is 10.4. The molecule has 0 amide bonds. The minimum absolute atomic E-state index is 0.211. The van der Waals surface area contributed by atoms with E-state index in [4.69, 9.17) is 30.6 Å². The van der Waals surface area contributed by atoms with Crippen LogP contribution in [0.5, 0.6) is 0 Å². The van der Waals surface area contributed by atoms with Gasteiger partial charge in [0.1, 0.15) is 24.4 Å². The van der Waals surface area contributed by atoms with Crippen molar-refractivity contribution in [2.45, 2.75) is 38.3 Å². The summed E-state index contributed by atoms with van der Waals surface area (Å²) in [5.41, 5.74) is 0. The van der Waals surface area contributed by atoms with Crippen LogP contribution in [0.25, 0.3) is 0 Å². The fourth-order valence-corrected chi connectivity index (χ4v) is 0.874. The standard InChI is InChI=1S/C6H14O6.C4H8O2/c7-1-3(9)5(11)6(12)4(10)2-8;1-3-6-4(2)5/h3-12H,1-2H2;3H2,1-2H3. The zero-order valence-electron chi connectivity index (χ0n) is 10.4. The van der Waals surface area contributed by atoms with E-state index in [1.807, 2.05) is 0 Å². The molecule has 0 heterocycles. The average Bonchev–Trinajstić information content (AvgIpc) is 2.35. The van der Waals surface area contributed by atoms with Crippen LogP contribution in [0.1, 0.15) is 13.8 Å². The van der Waals surface area contributed by atoms with E-state index in [2.05, 4.69) is 4.74 Å². The lowest BCUT2D eigenvalue weighted by Gasteiger charge is -2.24. The highest BCUT2D eigenvalue weighted by Gasteiger charge is 2.29. The monoisotopic (exact) mass is 270 g/mol. The molecule has 0 aliphatic rings. The summed E-state index contributed by atoms with van der Waals surface area (Å²) in [7, 11) is 0. The summed E-state index contributed by atoms with van der Waals surface area (Å²) in [6.45, 7) is 2.20. The number of aliphatic hydroxyl groups is 6. The first-order valence-corrected chi connectivity index (χ1v) is 5.39. The molecule has 4 atom stereocenters. The first-order chi connectivity index (χ1) is 8.31. The maximum Gasteiger partial charge on any atom is 0.302 e. The van der Waals surface area contributed by atoms with Crippen LogP contribution >= 0.6 is 0 Å². The molecule has 0 aliphatic heterocycles. The highest BCUT2D eigenvalue weighted by Crippen LogP contribution is 2.03. The molecule has 0 saturated heterocycles. The summed E-state index contributed by atoms with van der Waals surface area (Å²) in [6.07, 6.45) is -6.39. The van der Waals surface area contributed by atoms with Crippen molar-refractivity contribution in [3.8, 4) is 0 Å². The smallest absolute Gasteiger partial charge is 0.302 e. The van der Waals surface area contributed by atoms with Crippen molar-refractivity contribution in [3.05, 3.63) is 0 Å². The van der Waals surface area contributed by atoms with Gasteiger partial charge in [0.05, 0.1) is 19.8 Å². The average molecular weight is 270 g/mol. The van der Waals surface area contributed by atoms with Gasteiger partial charge < -0.3 is 35.4 Å². The van der Waals surface area contributed by atoms with E-state index in [0.29, 0.717) is 6.61 Å². The van der Waals surface area contributed by atoms with Gasteiger partial charge in [-0.15, -0.1) is 0 Å². The van der Waals surface area contributed by atoms with Gasteiger partial charge in [-0.2, -0.15) is 0 Å². The Labute approximate surface area is 105 Å². The van der Waals surface area contributed by atoms with E-state index < -0.39 is 37.6 Å². The maximum absolute atomic E-state index is 9.82. The molecule has 8 heteroatoms. The van der Waals surface area contributed by atoms with Crippen LogP contribution in [0.3, 0.4) is 0 Å². The van der Waals surface area contributed by atoms with Crippen molar-refractivity contribution in [1.82, 2.24) is 0 Å². The first kappa shape index (κ1) is 19.6. The summed E-state index contributed by atoms with van der Waals surface area (Å²) < 4.78 is 4.40. The Kier molecular flexibility index (Phi) is 12.3. The van der Waals surface area contributed by atoms with Crippen LogP contribution in [0, 0.1) is 0 Å². The first-order valence-electron chi connectivity index (χ1n) is 5.39. The van der Waals surface area contributed by atoms with E-state index in [9.17, 15) is 4.79 Å². The summed E-state index contributed by atoms with van der Waals surface area (Å²) in [4.78, 5) is 9.82. The fourth-order valence-electron chi connectivity index (χ4n) is 0.874. The topological polar surface area (TPSA) is 148 Å². The van der Waals surface area contributed by atoms with E-state index in [1.54, 1.807) is 6.92 Å². The lowest BCUT2D eigenvalue weighted by molar-refractivity contribution is -0.140. The third-order valence-corrected chi connectivity index (χ3v) is 1.86. The van der Waals surface area contributed by atoms with Crippen LogP contribution < -0.4 is 0 Å². The zero-order chi connectivity index (χ0) is 14.7. The molecule has 0 saturated carbocycles. The number of hydrogen-bond acceptors (Lipinski definition) is 8. The van der Waals surface area contributed by atoms with Gasteiger partial charge in [-0.05, 0) is 6.92 Å². The van der Waals surface area contributed by atoms with E-state index in [1.165, 1.54) is 6.92 Å². The van der Waals surface area contributed by atoms with Gasteiger partial charge in [0.2, 0.25) is 0 Å². The molecule has 0 bridgehead atoms. The van der Waals surface area contributed by atoms with Crippen LogP contribution in [-0.2, 0) is 9.53 Å². The van der Waals surface area contributed by atoms with Gasteiger partial charge in [0.25, 0.3) is 0 Å². The molecular weight excluding hydrogens is 248 g/mol. The number of rotatable bonds is 6. The second kappa shape index (κ2) is 11.3. The molecule has 110 valence electrons. The van der Waals surface area contributed by atoms with Crippen LogP contribution in [0.4, 0.5) is 0 Å². The second-order valence-corrected chi connectivity index (χ2v) is 3.41. The highest BCUT2D eigenvalue weighted by molar-refractivity contribution is 5.65. The van der Waals surface area contributed by atoms with Crippen molar-refractivity contribution in [1.29, 1.82) is 0 Å². The van der Waals surface area contributed by atoms with Gasteiger partial charge in [-0.1, -0.05) is 0 Å². The molecule has 0 fully saturated rings. The number of aliphatic hydroxyl groups excluding tert-OH is 6. The molecule has 0 aromatic carbocycles. The number of hydrogen-bond donors (Lipinski definition) is 6. The predicted molar refractivity (Wildman–Crippen MR) is 60.5 cm³/mol. The fraction of sp³-hybridized carbons (Fsp3) is 0.900. The van der Waals surface area contributed by atoms with Gasteiger partial charge in [0.15, 0.2) is 0 Å². The lowest BCUT2D eigenvalue weighted by atomic mass is 10.0. The summed E-state index contributed by atoms with van der Waals surface area (Å²) in [6, 6.07) is 0. The van der Waals surface area contributed by atoms with Crippen molar-refractivity contribution in [2.75, 3.05) is 19.8 Å². The van der Waals surface area contributed by atoms with Crippen molar-refractivity contribution < 1.29 is 40.2 Å². The molecule has 0 aromatic rings. The Balaban J connectivity index is 0. The van der Waals surface area contributed by atoms with Crippen molar-refractivity contribution in [3.63, 3.8) is 0 Å². The molecule has 8 nitrogen and oxygen atoms in total. The SMILES string of the molecule is CCOC(C)=O.OCC(O)C(O)C(O)C(O)CO. The van der Waals surface area contributed by atoms with E-state index >= 15 is 0 Å². The van der Waals surface area contributed by atoms with Gasteiger partial charge in [-0.3, -0.25) is 4.79 Å². The molecule has 0 rings (SSSR count). The van der Waals surface area contributed by atoms with Gasteiger partial charge >= 0.3 is 5.97 Å². The van der Waals surface area contributed by atoms with Gasteiger partial charge in [-0.25, -0.2) is 0 Å². The number of carbonyl (C=O) groups is 1. The third-order valence-electron chi connectivity index (χ3n) is 1.86. The molecule has 0 radical (unpaired) electrons. The second-order valence-electron chi connectivity index (χ2n) is 3.41. The minimum Gasteiger partial charge on any atom is -0.466 e. The highest BCUT2D eigenvalue weighted by atomic mass is 16.5. The predicted octanol–water partition coefficient (Wildman–Crippen LogP) is -3.02. The Morgan fingerprint density at radius 2 is 1.33 bits per heavy atom. The number of ether oxygens (including phenoxy) is 1.